The quantitative estimate of drug-likeness (QED) is 0.540. The molecule has 3 heterocycles. The van der Waals surface area contributed by atoms with Gasteiger partial charge in [0.2, 0.25) is 0 Å². The van der Waals surface area contributed by atoms with Crippen molar-refractivity contribution in [3.63, 3.8) is 0 Å². The van der Waals surface area contributed by atoms with E-state index < -0.39 is 0 Å². The second-order valence-corrected chi connectivity index (χ2v) is 7.43. The van der Waals surface area contributed by atoms with Crippen LogP contribution in [0.25, 0.3) is 11.3 Å². The smallest absolute Gasteiger partial charge is 0.255 e. The summed E-state index contributed by atoms with van der Waals surface area (Å²) in [6, 6.07) is 16.1. The first kappa shape index (κ1) is 19.3. The van der Waals surface area contributed by atoms with Crippen LogP contribution in [0.2, 0.25) is 0 Å². The van der Waals surface area contributed by atoms with E-state index in [4.69, 9.17) is 4.98 Å². The largest absolute Gasteiger partial charge is 0.375 e. The molecule has 0 amide bonds. The fourth-order valence-electron chi connectivity index (χ4n) is 4.13. The monoisotopic (exact) mass is 406 g/mol. The minimum Gasteiger partial charge on any atom is -0.375 e. The van der Waals surface area contributed by atoms with Crippen molar-refractivity contribution in [3.8, 4) is 5.69 Å². The molecule has 0 saturated heterocycles. The van der Waals surface area contributed by atoms with Crippen LogP contribution < -0.4 is 10.9 Å². The van der Waals surface area contributed by atoms with E-state index in [0.717, 1.165) is 41.3 Å². The zero-order valence-corrected chi connectivity index (χ0v) is 17.2. The Balaban J connectivity index is 0.00000205. The maximum Gasteiger partial charge on any atom is 0.255 e. The van der Waals surface area contributed by atoms with Gasteiger partial charge in [-0.1, -0.05) is 30.3 Å². The van der Waals surface area contributed by atoms with E-state index in [0.29, 0.717) is 0 Å². The molecule has 1 aromatic carbocycles. The molecular formula is C23H23ClN4O. The van der Waals surface area contributed by atoms with Crippen LogP contribution in [0.1, 0.15) is 35.0 Å². The van der Waals surface area contributed by atoms with Gasteiger partial charge in [-0.15, -0.1) is 12.4 Å². The summed E-state index contributed by atoms with van der Waals surface area (Å²) in [4.78, 5) is 17.2. The van der Waals surface area contributed by atoms with Crippen molar-refractivity contribution >= 4 is 23.7 Å². The van der Waals surface area contributed by atoms with E-state index in [1.807, 2.05) is 25.3 Å². The van der Waals surface area contributed by atoms with Gasteiger partial charge in [-0.2, -0.15) is 0 Å². The number of benzene rings is 1. The molecule has 1 aliphatic carbocycles. The number of nitrogens with one attached hydrogen (secondary N) is 1. The van der Waals surface area contributed by atoms with E-state index in [-0.39, 0.29) is 24.0 Å². The SMILES string of the molecule is Cc1nc2c(NC3CCc4ccccc43)cc(-n3ccccc3=O)cn2c1C.Cl. The molecule has 0 radical (unpaired) electrons. The molecule has 1 atom stereocenters. The maximum absolute atomic E-state index is 12.4. The lowest BCUT2D eigenvalue weighted by Crippen LogP contribution is -2.17. The van der Waals surface area contributed by atoms with Crippen molar-refractivity contribution in [2.45, 2.75) is 32.7 Å². The highest BCUT2D eigenvalue weighted by Crippen LogP contribution is 2.35. The molecule has 0 aliphatic heterocycles. The first-order valence-electron chi connectivity index (χ1n) is 9.63. The molecule has 29 heavy (non-hydrogen) atoms. The molecule has 0 saturated carbocycles. The number of hydrogen-bond acceptors (Lipinski definition) is 3. The topological polar surface area (TPSA) is 51.3 Å². The van der Waals surface area contributed by atoms with Crippen molar-refractivity contribution in [1.29, 1.82) is 0 Å². The lowest BCUT2D eigenvalue weighted by atomic mass is 10.1. The third-order valence-corrected chi connectivity index (χ3v) is 5.74. The number of hydrogen-bond donors (Lipinski definition) is 1. The molecule has 0 spiro atoms. The highest BCUT2D eigenvalue weighted by Gasteiger charge is 2.23. The summed E-state index contributed by atoms with van der Waals surface area (Å²) in [5.74, 6) is 0. The maximum atomic E-state index is 12.4. The van der Waals surface area contributed by atoms with Crippen molar-refractivity contribution < 1.29 is 0 Å². The molecule has 1 unspecified atom stereocenters. The lowest BCUT2D eigenvalue weighted by Gasteiger charge is -2.18. The van der Waals surface area contributed by atoms with Crippen molar-refractivity contribution in [3.05, 3.63) is 93.8 Å². The first-order chi connectivity index (χ1) is 13.6. The Hall–Kier alpha value is -3.05. The predicted molar refractivity (Wildman–Crippen MR) is 119 cm³/mol. The molecule has 0 fully saturated rings. The Labute approximate surface area is 175 Å². The highest BCUT2D eigenvalue weighted by molar-refractivity contribution is 5.85. The van der Waals surface area contributed by atoms with Crippen LogP contribution in [-0.4, -0.2) is 14.0 Å². The van der Waals surface area contributed by atoms with Crippen LogP contribution in [0.5, 0.6) is 0 Å². The van der Waals surface area contributed by atoms with Gasteiger partial charge in [-0.25, -0.2) is 4.98 Å². The number of halogens is 1. The second kappa shape index (κ2) is 7.41. The molecule has 1 aliphatic rings. The Morgan fingerprint density at radius 2 is 1.90 bits per heavy atom. The predicted octanol–water partition coefficient (Wildman–Crippen LogP) is 4.62. The number of nitrogens with zero attached hydrogens (tertiary/aromatic N) is 3. The van der Waals surface area contributed by atoms with E-state index in [2.05, 4.69) is 40.9 Å². The third kappa shape index (κ3) is 3.21. The summed E-state index contributed by atoms with van der Waals surface area (Å²) >= 11 is 0. The van der Waals surface area contributed by atoms with E-state index in [1.54, 1.807) is 22.9 Å². The second-order valence-electron chi connectivity index (χ2n) is 7.43. The summed E-state index contributed by atoms with van der Waals surface area (Å²) in [5, 5.41) is 3.71. The van der Waals surface area contributed by atoms with Crippen LogP contribution in [0, 0.1) is 13.8 Å². The Morgan fingerprint density at radius 3 is 2.72 bits per heavy atom. The average Bonchev–Trinajstić information content (AvgIpc) is 3.24. The van der Waals surface area contributed by atoms with Gasteiger partial charge in [-0.05, 0) is 49.9 Å². The van der Waals surface area contributed by atoms with Gasteiger partial charge in [0.1, 0.15) is 0 Å². The number of aromatic nitrogens is 3. The van der Waals surface area contributed by atoms with Gasteiger partial charge in [0.25, 0.3) is 5.56 Å². The van der Waals surface area contributed by atoms with Crippen LogP contribution in [0.3, 0.4) is 0 Å². The van der Waals surface area contributed by atoms with Crippen molar-refractivity contribution in [1.82, 2.24) is 14.0 Å². The van der Waals surface area contributed by atoms with E-state index in [1.165, 1.54) is 11.1 Å². The van der Waals surface area contributed by atoms with Crippen LogP contribution >= 0.6 is 12.4 Å². The van der Waals surface area contributed by atoms with Crippen molar-refractivity contribution in [2.75, 3.05) is 5.32 Å². The molecule has 1 N–H and O–H groups in total. The summed E-state index contributed by atoms with van der Waals surface area (Å²) in [5.41, 5.74) is 7.45. The van der Waals surface area contributed by atoms with Gasteiger partial charge >= 0.3 is 0 Å². The number of anilines is 1. The molecule has 148 valence electrons. The fraction of sp³-hybridized carbons (Fsp3) is 0.217. The first-order valence-corrected chi connectivity index (χ1v) is 9.63. The number of fused-ring (bicyclic) bond motifs is 2. The average molecular weight is 407 g/mol. The van der Waals surface area contributed by atoms with Gasteiger partial charge in [-0.3, -0.25) is 9.36 Å². The van der Waals surface area contributed by atoms with E-state index in [9.17, 15) is 4.79 Å². The number of aryl methyl sites for hydroxylation is 3. The highest BCUT2D eigenvalue weighted by atomic mass is 35.5. The Bertz CT molecular complexity index is 1260. The van der Waals surface area contributed by atoms with Crippen LogP contribution in [0.4, 0.5) is 5.69 Å². The molecule has 5 nitrogen and oxygen atoms in total. The standard InChI is InChI=1S/C23H22N4O.ClH/c1-15-16(2)27-14-18(26-12-6-5-9-22(26)28)13-21(23(27)24-15)25-20-11-10-17-7-3-4-8-19(17)20;/h3-9,12-14,20,25H,10-11H2,1-2H3;1H. The zero-order valence-electron chi connectivity index (χ0n) is 16.4. The third-order valence-electron chi connectivity index (χ3n) is 5.74. The van der Waals surface area contributed by atoms with Crippen LogP contribution in [-0.2, 0) is 6.42 Å². The van der Waals surface area contributed by atoms with Crippen LogP contribution in [0.15, 0.2) is 65.7 Å². The van der Waals surface area contributed by atoms with Gasteiger partial charge < -0.3 is 9.72 Å². The minimum atomic E-state index is -0.0477. The number of pyridine rings is 2. The lowest BCUT2D eigenvalue weighted by molar-refractivity contribution is 0.761. The summed E-state index contributed by atoms with van der Waals surface area (Å²) in [7, 11) is 0. The minimum absolute atomic E-state index is 0. The molecule has 5 rings (SSSR count). The van der Waals surface area contributed by atoms with E-state index >= 15 is 0 Å². The molecule has 3 aromatic heterocycles. The Kier molecular flexibility index (Phi) is 4.92. The van der Waals surface area contributed by atoms with Gasteiger partial charge in [0.15, 0.2) is 5.65 Å². The summed E-state index contributed by atoms with van der Waals surface area (Å²) < 4.78 is 3.75. The molecular weight excluding hydrogens is 384 g/mol. The summed E-state index contributed by atoms with van der Waals surface area (Å²) in [6.45, 7) is 4.08. The zero-order chi connectivity index (χ0) is 19.3. The normalized spacial score (nSPS) is 15.2. The summed E-state index contributed by atoms with van der Waals surface area (Å²) in [6.07, 6.45) is 5.92. The van der Waals surface area contributed by atoms with Gasteiger partial charge in [0, 0.05) is 24.2 Å². The Morgan fingerprint density at radius 1 is 1.10 bits per heavy atom. The fourth-order valence-corrected chi connectivity index (χ4v) is 4.13. The molecule has 0 bridgehead atoms. The molecule has 4 aromatic rings. The van der Waals surface area contributed by atoms with Gasteiger partial charge in [0.05, 0.1) is 23.1 Å². The van der Waals surface area contributed by atoms with Crippen molar-refractivity contribution in [2.24, 2.45) is 0 Å². The molecule has 6 heteroatoms. The number of imidazole rings is 1. The number of rotatable bonds is 3.